The van der Waals surface area contributed by atoms with Gasteiger partial charge in [0.25, 0.3) is 20.0 Å². The zero-order valence-electron chi connectivity index (χ0n) is 27.4. The quantitative estimate of drug-likeness (QED) is 0.0657. The number of guanidine groups is 2. The maximum absolute atomic E-state index is 13.0. The summed E-state index contributed by atoms with van der Waals surface area (Å²) in [6.45, 7) is 5.40. The molecule has 0 atom stereocenters. The van der Waals surface area contributed by atoms with Crippen molar-refractivity contribution < 1.29 is 16.8 Å². The molecule has 0 amide bonds. The Morgan fingerprint density at radius 2 is 1.06 bits per heavy atom. The number of aromatic amines is 2. The van der Waals surface area contributed by atoms with Crippen LogP contribution in [-0.2, 0) is 31.6 Å². The largest absolute Gasteiger partial charge is 0.369 e. The van der Waals surface area contributed by atoms with E-state index < -0.39 is 20.0 Å². The molecular weight excluding hydrogens is 705 g/mol. The predicted molar refractivity (Wildman–Crippen MR) is 197 cm³/mol. The summed E-state index contributed by atoms with van der Waals surface area (Å²) in [5.74, 6) is 2.33. The molecule has 0 unspecified atom stereocenters. The number of nitrogens with two attached hydrogens (primary N) is 2. The van der Waals surface area contributed by atoms with Crippen LogP contribution >= 0.6 is 23.5 Å². The summed E-state index contributed by atoms with van der Waals surface area (Å²) in [5.41, 5.74) is 16.6. The van der Waals surface area contributed by atoms with Crippen molar-refractivity contribution in [1.82, 2.24) is 29.7 Å². The first-order valence-electron chi connectivity index (χ1n) is 15.4. The van der Waals surface area contributed by atoms with Crippen molar-refractivity contribution >= 4 is 55.5 Å². The Labute approximate surface area is 296 Å². The van der Waals surface area contributed by atoms with Gasteiger partial charge < -0.3 is 31.2 Å². The highest BCUT2D eigenvalue weighted by Crippen LogP contribution is 2.17. The van der Waals surface area contributed by atoms with Crippen molar-refractivity contribution in [2.24, 2.45) is 20.3 Å². The van der Waals surface area contributed by atoms with Crippen LogP contribution in [0.3, 0.4) is 0 Å². The normalized spacial score (nSPS) is 12.7. The minimum absolute atomic E-state index is 0.0404. The maximum atomic E-state index is 13.0. The number of aromatic nitrogens is 4. The summed E-state index contributed by atoms with van der Waals surface area (Å²) in [5, 5.41) is 0. The van der Waals surface area contributed by atoms with Crippen molar-refractivity contribution in [3.05, 3.63) is 96.1 Å². The summed E-state index contributed by atoms with van der Waals surface area (Å²) >= 11 is 3.27. The van der Waals surface area contributed by atoms with E-state index in [1.165, 1.54) is 24.3 Å². The summed E-state index contributed by atoms with van der Waals surface area (Å²) in [7, 11) is -8.08. The van der Waals surface area contributed by atoms with Gasteiger partial charge in [0.1, 0.15) is 0 Å². The molecule has 4 aromatic rings. The first kappa shape index (κ1) is 37.8. The van der Waals surface area contributed by atoms with E-state index in [-0.39, 0.29) is 21.7 Å². The van der Waals surface area contributed by atoms with E-state index in [1.54, 1.807) is 82.4 Å². The van der Waals surface area contributed by atoms with E-state index in [0.717, 1.165) is 22.8 Å². The lowest BCUT2D eigenvalue weighted by molar-refractivity contribution is 0.371. The van der Waals surface area contributed by atoms with Gasteiger partial charge in [-0.05, 0) is 44.5 Å². The van der Waals surface area contributed by atoms with Crippen LogP contribution in [-0.4, -0.2) is 96.2 Å². The lowest BCUT2D eigenvalue weighted by Crippen LogP contribution is -2.43. The fourth-order valence-electron chi connectivity index (χ4n) is 4.54. The van der Waals surface area contributed by atoms with Crippen LogP contribution in [0.5, 0.6) is 0 Å². The second-order valence-electron chi connectivity index (χ2n) is 10.9. The van der Waals surface area contributed by atoms with Crippen molar-refractivity contribution in [2.45, 2.75) is 41.6 Å². The average molecular weight is 747 g/mol. The fourth-order valence-corrected chi connectivity index (χ4v) is 8.43. The van der Waals surface area contributed by atoms with Gasteiger partial charge in [0, 0.05) is 60.6 Å². The Balaban J connectivity index is 1.47. The van der Waals surface area contributed by atoms with E-state index >= 15 is 0 Å². The molecule has 18 heteroatoms. The van der Waals surface area contributed by atoms with Crippen LogP contribution < -0.4 is 11.5 Å². The third kappa shape index (κ3) is 11.5. The molecule has 0 spiro atoms. The minimum Gasteiger partial charge on any atom is -0.369 e. The summed E-state index contributed by atoms with van der Waals surface area (Å²) in [6.07, 6.45) is 3.76. The molecule has 0 bridgehead atoms. The highest BCUT2D eigenvalue weighted by Gasteiger charge is 2.19. The molecule has 0 saturated carbocycles. The SMILES string of the molecule is Cc1[nH]cnc1CSCCN(CCCN(CCSCc1nc[nH]c1C)C(N)=NS(=O)(=O)c1ccccc1)C(N)=NS(=O)(=O)c1ccccc1. The molecule has 2 heterocycles. The number of thioether (sulfide) groups is 2. The second kappa shape index (κ2) is 18.1. The zero-order chi connectivity index (χ0) is 35.3. The zero-order valence-corrected chi connectivity index (χ0v) is 30.7. The lowest BCUT2D eigenvalue weighted by Gasteiger charge is -2.27. The molecule has 0 radical (unpaired) electrons. The van der Waals surface area contributed by atoms with Crippen LogP contribution in [0.4, 0.5) is 0 Å². The Morgan fingerprint density at radius 1 is 0.673 bits per heavy atom. The number of nitrogens with one attached hydrogen (secondary N) is 2. The summed E-state index contributed by atoms with van der Waals surface area (Å²) in [4.78, 5) is 18.3. The average Bonchev–Trinajstić information content (AvgIpc) is 3.69. The number of imidazole rings is 2. The van der Waals surface area contributed by atoms with Crippen LogP contribution in [0.25, 0.3) is 0 Å². The number of sulfonamides is 2. The van der Waals surface area contributed by atoms with Gasteiger partial charge in [-0.15, -0.1) is 8.80 Å². The highest BCUT2D eigenvalue weighted by atomic mass is 32.2. The molecule has 0 aliphatic carbocycles. The van der Waals surface area contributed by atoms with Crippen molar-refractivity contribution in [1.29, 1.82) is 0 Å². The van der Waals surface area contributed by atoms with Crippen molar-refractivity contribution in [3.8, 4) is 0 Å². The highest BCUT2D eigenvalue weighted by molar-refractivity contribution is 7.98. The third-order valence-electron chi connectivity index (χ3n) is 7.37. The van der Waals surface area contributed by atoms with Crippen molar-refractivity contribution in [2.75, 3.05) is 37.7 Å². The molecule has 6 N–H and O–H groups in total. The molecule has 264 valence electrons. The molecule has 2 aromatic heterocycles. The van der Waals surface area contributed by atoms with E-state index in [2.05, 4.69) is 28.7 Å². The number of hydrogen-bond acceptors (Lipinski definition) is 8. The van der Waals surface area contributed by atoms with E-state index in [0.29, 0.717) is 55.6 Å². The van der Waals surface area contributed by atoms with E-state index in [9.17, 15) is 16.8 Å². The standard InChI is InChI=1S/C31H42N10O4S4/c1-24-28(36-22-34-24)20-46-18-16-40(30(32)38-48(42,43)26-10-5-3-6-11-26)14-9-15-41(17-19-47-21-29-25(2)35-23-37-29)31(33)39-49(44,45)27-12-7-4-8-13-27/h3-8,10-13,22-23H,9,14-21H2,1-2H3,(H2,32,38)(H2,33,39)(H,34,36)(H,35,37). The number of rotatable bonds is 18. The first-order valence-corrected chi connectivity index (χ1v) is 20.6. The van der Waals surface area contributed by atoms with E-state index in [4.69, 9.17) is 11.5 Å². The molecule has 4 rings (SSSR count). The van der Waals surface area contributed by atoms with Crippen LogP contribution in [0.15, 0.2) is 91.9 Å². The molecule has 0 saturated heterocycles. The van der Waals surface area contributed by atoms with Crippen LogP contribution in [0.2, 0.25) is 0 Å². The van der Waals surface area contributed by atoms with Gasteiger partial charge in [0.05, 0.1) is 33.8 Å². The fraction of sp³-hybridized carbons (Fsp3) is 0.355. The molecular formula is C31H42N10O4S4. The lowest BCUT2D eigenvalue weighted by atomic mass is 10.3. The van der Waals surface area contributed by atoms with Gasteiger partial charge >= 0.3 is 0 Å². The molecule has 49 heavy (non-hydrogen) atoms. The van der Waals surface area contributed by atoms with Gasteiger partial charge in [0.2, 0.25) is 11.9 Å². The van der Waals surface area contributed by atoms with E-state index in [1.807, 2.05) is 13.8 Å². The number of aryl methyl sites for hydroxylation is 2. The predicted octanol–water partition coefficient (Wildman–Crippen LogP) is 3.32. The molecule has 14 nitrogen and oxygen atoms in total. The summed E-state index contributed by atoms with van der Waals surface area (Å²) in [6, 6.07) is 15.8. The Kier molecular flexibility index (Phi) is 14.0. The van der Waals surface area contributed by atoms with Gasteiger partial charge in [0.15, 0.2) is 0 Å². The topological polar surface area (TPSA) is 209 Å². The molecule has 0 aliphatic rings. The number of nitrogens with zero attached hydrogens (tertiary/aromatic N) is 6. The van der Waals surface area contributed by atoms with Gasteiger partial charge in [-0.1, -0.05) is 36.4 Å². The monoisotopic (exact) mass is 746 g/mol. The van der Waals surface area contributed by atoms with Gasteiger partial charge in [-0.3, -0.25) is 0 Å². The minimum atomic E-state index is -4.04. The van der Waals surface area contributed by atoms with Gasteiger partial charge in [-0.25, -0.2) is 9.97 Å². The molecule has 0 aliphatic heterocycles. The van der Waals surface area contributed by atoms with Gasteiger partial charge in [-0.2, -0.15) is 40.4 Å². The van der Waals surface area contributed by atoms with Crippen LogP contribution in [0.1, 0.15) is 29.2 Å². The first-order chi connectivity index (χ1) is 23.5. The smallest absolute Gasteiger partial charge is 0.285 e. The number of benzene rings is 2. The number of hydrogen-bond donors (Lipinski definition) is 4. The molecule has 2 aromatic carbocycles. The van der Waals surface area contributed by atoms with Crippen LogP contribution in [0, 0.1) is 13.8 Å². The summed E-state index contributed by atoms with van der Waals surface area (Å²) < 4.78 is 60.0. The Bertz CT molecular complexity index is 1760. The Morgan fingerprint density at radius 3 is 1.41 bits per heavy atom. The second-order valence-corrected chi connectivity index (χ2v) is 16.3. The Hall–Kier alpha value is -4.00. The number of H-pyrrole nitrogens is 2. The third-order valence-corrected chi connectivity index (χ3v) is 11.9. The maximum Gasteiger partial charge on any atom is 0.285 e. The van der Waals surface area contributed by atoms with Crippen molar-refractivity contribution in [3.63, 3.8) is 0 Å². The molecule has 0 fully saturated rings.